The van der Waals surface area contributed by atoms with Crippen LogP contribution in [0.5, 0.6) is 0 Å². The van der Waals surface area contributed by atoms with Crippen LogP contribution in [0.3, 0.4) is 0 Å². The maximum absolute atomic E-state index is 13.7. The van der Waals surface area contributed by atoms with Crippen LogP contribution in [0.1, 0.15) is 75.5 Å². The minimum absolute atomic E-state index is 0.0185. The van der Waals surface area contributed by atoms with Crippen molar-refractivity contribution >= 4 is 5.91 Å². The van der Waals surface area contributed by atoms with Crippen molar-refractivity contribution in [3.63, 3.8) is 0 Å². The van der Waals surface area contributed by atoms with E-state index in [9.17, 15) is 23.1 Å². The Morgan fingerprint density at radius 2 is 1.74 bits per heavy atom. The van der Waals surface area contributed by atoms with Gasteiger partial charge in [-0.3, -0.25) is 4.79 Å². The lowest BCUT2D eigenvalue weighted by Gasteiger charge is -2.40. The fourth-order valence-electron chi connectivity index (χ4n) is 7.35. The van der Waals surface area contributed by atoms with Crippen LogP contribution < -0.4 is 5.32 Å². The van der Waals surface area contributed by atoms with Crippen LogP contribution in [-0.4, -0.2) is 53.9 Å². The predicted octanol–water partition coefficient (Wildman–Crippen LogP) is 5.50. The molecular weight excluding hydrogens is 505 g/mol. The number of halogens is 3. The van der Waals surface area contributed by atoms with E-state index in [1.54, 1.807) is 11.0 Å². The maximum atomic E-state index is 13.7. The number of fused-ring (bicyclic) bond motifs is 3. The van der Waals surface area contributed by atoms with Crippen LogP contribution in [0.25, 0.3) is 0 Å². The third-order valence-corrected chi connectivity index (χ3v) is 9.92. The molecule has 1 saturated heterocycles. The van der Waals surface area contributed by atoms with E-state index in [1.807, 2.05) is 0 Å². The second-order valence-electron chi connectivity index (χ2n) is 12.5. The first-order valence-corrected chi connectivity index (χ1v) is 14.8. The highest BCUT2D eigenvalue weighted by molar-refractivity contribution is 5.84. The SMILES string of the molecule is CC(C)[C@]1(C(=O)N2CCc3ccc(C(F)(F)F)cc3C2)CC[C@@H](NC2CCOCC2)C1.OC1C2C=CC1CC2. The highest BCUT2D eigenvalue weighted by atomic mass is 19.4. The molecule has 2 aliphatic heterocycles. The number of carbonyl (C=O) groups is 1. The molecule has 3 fully saturated rings. The van der Waals surface area contributed by atoms with Crippen molar-refractivity contribution in [2.75, 3.05) is 19.8 Å². The Labute approximate surface area is 230 Å². The Morgan fingerprint density at radius 3 is 2.31 bits per heavy atom. The molecule has 0 spiro atoms. The first-order valence-electron chi connectivity index (χ1n) is 14.8. The standard InChI is InChI=1S/C24H33F3N2O2.C7H10O/c1-16(2)23(9-5-21(14-23)28-20-7-11-31-12-8-20)22(30)29-10-6-17-3-4-19(24(25,26)27)13-18(17)15-29;8-7-5-1-2-6(7)4-3-5/h3-4,13,16,20-21,28H,5-12,14-15H2,1-2H3;1-2,5-8H,3-4H2/t21-,23+;/m1./s1. The second-order valence-corrected chi connectivity index (χ2v) is 12.5. The molecule has 4 atom stereocenters. The van der Waals surface area contributed by atoms with E-state index in [4.69, 9.17) is 4.74 Å². The number of carbonyl (C=O) groups excluding carboxylic acids is 1. The predicted molar refractivity (Wildman–Crippen MR) is 144 cm³/mol. The highest BCUT2D eigenvalue weighted by Gasteiger charge is 2.50. The van der Waals surface area contributed by atoms with Crippen LogP contribution in [0.4, 0.5) is 13.2 Å². The monoisotopic (exact) mass is 548 g/mol. The molecule has 2 unspecified atom stereocenters. The average Bonchev–Trinajstić information content (AvgIpc) is 3.62. The summed E-state index contributed by atoms with van der Waals surface area (Å²) in [6.07, 6.45) is 7.55. The van der Waals surface area contributed by atoms with Crippen molar-refractivity contribution in [2.24, 2.45) is 23.2 Å². The normalized spacial score (nSPS) is 32.3. The Bertz CT molecular complexity index is 1040. The number of aliphatic hydroxyl groups is 1. The van der Waals surface area contributed by atoms with E-state index < -0.39 is 17.2 Å². The van der Waals surface area contributed by atoms with Crippen molar-refractivity contribution in [1.29, 1.82) is 0 Å². The Morgan fingerprint density at radius 1 is 1.05 bits per heavy atom. The molecule has 3 aliphatic carbocycles. The maximum Gasteiger partial charge on any atom is 0.416 e. The first-order chi connectivity index (χ1) is 18.6. The molecule has 5 nitrogen and oxygen atoms in total. The molecule has 0 aromatic heterocycles. The number of hydrogen-bond donors (Lipinski definition) is 2. The van der Waals surface area contributed by atoms with Crippen LogP contribution in [0.2, 0.25) is 0 Å². The lowest BCUT2D eigenvalue weighted by atomic mass is 9.73. The first kappa shape index (κ1) is 28.6. The Kier molecular flexibility index (Phi) is 8.46. The smallest absolute Gasteiger partial charge is 0.392 e. The largest absolute Gasteiger partial charge is 0.416 e. The summed E-state index contributed by atoms with van der Waals surface area (Å²) in [6.45, 7) is 6.62. The molecule has 8 heteroatoms. The number of nitrogens with zero attached hydrogens (tertiary/aromatic N) is 1. The van der Waals surface area contributed by atoms with Crippen molar-refractivity contribution in [3.05, 3.63) is 47.0 Å². The van der Waals surface area contributed by atoms with E-state index in [0.29, 0.717) is 42.4 Å². The van der Waals surface area contributed by atoms with Gasteiger partial charge in [0.1, 0.15) is 0 Å². The molecule has 2 saturated carbocycles. The van der Waals surface area contributed by atoms with Gasteiger partial charge in [0.25, 0.3) is 0 Å². The highest BCUT2D eigenvalue weighted by Crippen LogP contribution is 2.47. The summed E-state index contributed by atoms with van der Waals surface area (Å²) in [5, 5.41) is 13.0. The van der Waals surface area contributed by atoms with Crippen LogP contribution in [-0.2, 0) is 28.7 Å². The van der Waals surface area contributed by atoms with E-state index in [-0.39, 0.29) is 24.5 Å². The molecule has 6 rings (SSSR count). The van der Waals surface area contributed by atoms with E-state index >= 15 is 0 Å². The minimum Gasteiger partial charge on any atom is -0.392 e. The Balaban J connectivity index is 0.000000325. The van der Waals surface area contributed by atoms with Gasteiger partial charge in [-0.2, -0.15) is 13.2 Å². The summed E-state index contributed by atoms with van der Waals surface area (Å²) in [6, 6.07) is 4.70. The van der Waals surface area contributed by atoms with Gasteiger partial charge >= 0.3 is 6.18 Å². The molecule has 39 heavy (non-hydrogen) atoms. The molecule has 1 aromatic carbocycles. The summed E-state index contributed by atoms with van der Waals surface area (Å²) < 4.78 is 44.9. The second kappa shape index (κ2) is 11.5. The minimum atomic E-state index is -4.37. The number of rotatable bonds is 4. The molecule has 0 radical (unpaired) electrons. The van der Waals surface area contributed by atoms with Gasteiger partial charge < -0.3 is 20.1 Å². The number of aliphatic hydroxyl groups excluding tert-OH is 1. The number of hydrogen-bond acceptors (Lipinski definition) is 4. The van der Waals surface area contributed by atoms with E-state index in [0.717, 1.165) is 56.9 Å². The lowest BCUT2D eigenvalue weighted by molar-refractivity contribution is -0.145. The number of alkyl halides is 3. The van der Waals surface area contributed by atoms with Gasteiger partial charge in [0.15, 0.2) is 0 Å². The van der Waals surface area contributed by atoms with Gasteiger partial charge in [0, 0.05) is 50.2 Å². The quantitative estimate of drug-likeness (QED) is 0.488. The molecule has 2 bridgehead atoms. The van der Waals surface area contributed by atoms with E-state index in [1.165, 1.54) is 18.9 Å². The summed E-state index contributed by atoms with van der Waals surface area (Å²) in [4.78, 5) is 15.6. The topological polar surface area (TPSA) is 61.8 Å². The van der Waals surface area contributed by atoms with Crippen LogP contribution in [0.15, 0.2) is 30.4 Å². The molecule has 1 amide bonds. The fourth-order valence-corrected chi connectivity index (χ4v) is 7.35. The summed E-state index contributed by atoms with van der Waals surface area (Å²) in [7, 11) is 0. The summed E-state index contributed by atoms with van der Waals surface area (Å²) >= 11 is 0. The number of nitrogens with one attached hydrogen (secondary N) is 1. The zero-order valence-corrected chi connectivity index (χ0v) is 23.2. The van der Waals surface area contributed by atoms with Gasteiger partial charge in [-0.25, -0.2) is 0 Å². The number of amides is 1. The van der Waals surface area contributed by atoms with Crippen molar-refractivity contribution in [3.8, 4) is 0 Å². The molecule has 216 valence electrons. The average molecular weight is 549 g/mol. The van der Waals surface area contributed by atoms with E-state index in [2.05, 4.69) is 31.3 Å². The molecule has 5 aliphatic rings. The van der Waals surface area contributed by atoms with Gasteiger partial charge in [-0.05, 0) is 80.5 Å². The van der Waals surface area contributed by atoms with Crippen molar-refractivity contribution in [1.82, 2.24) is 10.2 Å². The number of ether oxygens (including phenoxy) is 1. The lowest BCUT2D eigenvalue weighted by Crippen LogP contribution is -2.49. The van der Waals surface area contributed by atoms with Gasteiger partial charge in [-0.1, -0.05) is 32.1 Å². The van der Waals surface area contributed by atoms with Crippen molar-refractivity contribution in [2.45, 2.75) is 96.1 Å². The zero-order chi connectivity index (χ0) is 27.8. The van der Waals surface area contributed by atoms with Gasteiger partial charge in [-0.15, -0.1) is 0 Å². The third kappa shape index (κ3) is 6.08. The summed E-state index contributed by atoms with van der Waals surface area (Å²) in [5.74, 6) is 1.33. The van der Waals surface area contributed by atoms with Gasteiger partial charge in [0.2, 0.25) is 5.91 Å². The molecule has 2 heterocycles. The summed E-state index contributed by atoms with van der Waals surface area (Å²) in [5.41, 5.74) is 0.465. The van der Waals surface area contributed by atoms with Crippen LogP contribution in [0, 0.1) is 23.2 Å². The molecule has 1 aromatic rings. The van der Waals surface area contributed by atoms with Crippen molar-refractivity contribution < 1.29 is 27.8 Å². The molecule has 2 N–H and O–H groups in total. The Hall–Kier alpha value is -1.90. The zero-order valence-electron chi connectivity index (χ0n) is 23.2. The third-order valence-electron chi connectivity index (χ3n) is 9.92. The van der Waals surface area contributed by atoms with Gasteiger partial charge in [0.05, 0.1) is 17.1 Å². The molecular formula is C31H43F3N2O3. The number of benzene rings is 1. The fraction of sp³-hybridized carbons (Fsp3) is 0.710. The van der Waals surface area contributed by atoms with Crippen LogP contribution >= 0.6 is 0 Å².